The molecule has 0 fully saturated rings. The van der Waals surface area contributed by atoms with E-state index in [0.29, 0.717) is 40.8 Å². The Hall–Kier alpha value is -2.82. The van der Waals surface area contributed by atoms with Crippen LogP contribution < -0.4 is 10.6 Å². The molecule has 0 bridgehead atoms. The van der Waals surface area contributed by atoms with Gasteiger partial charge in [-0.1, -0.05) is 63.7 Å². The van der Waals surface area contributed by atoms with Gasteiger partial charge in [0.2, 0.25) is 0 Å². The fourth-order valence-corrected chi connectivity index (χ4v) is 3.94. The number of rotatable bonds is 10. The van der Waals surface area contributed by atoms with Crippen LogP contribution in [-0.2, 0) is 16.1 Å². The van der Waals surface area contributed by atoms with Crippen LogP contribution in [0.1, 0.15) is 47.0 Å². The molecular weight excluding hydrogens is 507 g/mol. The van der Waals surface area contributed by atoms with Crippen molar-refractivity contribution in [2.75, 3.05) is 5.32 Å². The van der Waals surface area contributed by atoms with Gasteiger partial charge in [0.05, 0.1) is 46.2 Å². The summed E-state index contributed by atoms with van der Waals surface area (Å²) in [6, 6.07) is 4.13. The maximum Gasteiger partial charge on any atom is 0.407 e. The van der Waals surface area contributed by atoms with Crippen molar-refractivity contribution in [2.45, 2.75) is 71.8 Å². The zero-order valence-corrected chi connectivity index (χ0v) is 22.2. The molecule has 0 saturated carbocycles. The topological polar surface area (TPSA) is 134 Å². The number of fused-ring (bicyclic) bond motifs is 1. The Labute approximate surface area is 219 Å². The number of benzene rings is 1. The summed E-state index contributed by atoms with van der Waals surface area (Å²) < 4.78 is 7.67. The molecule has 1 aromatic carbocycles. The molecule has 36 heavy (non-hydrogen) atoms. The van der Waals surface area contributed by atoms with Crippen molar-refractivity contribution in [3.63, 3.8) is 0 Å². The highest BCUT2D eigenvalue weighted by atomic mass is 35.5. The molecule has 0 aliphatic carbocycles. The second-order valence-electron chi connectivity index (χ2n) is 9.71. The van der Waals surface area contributed by atoms with E-state index in [2.05, 4.69) is 25.8 Å². The van der Waals surface area contributed by atoms with Gasteiger partial charge in [0, 0.05) is 11.5 Å². The summed E-state index contributed by atoms with van der Waals surface area (Å²) in [5, 5.41) is 23.1. The number of aliphatic hydroxyl groups is 1. The lowest BCUT2D eigenvalue weighted by molar-refractivity contribution is -0.125. The number of unbranched alkanes of at least 4 members (excludes halogenated alkanes) is 1. The van der Waals surface area contributed by atoms with E-state index in [0.717, 1.165) is 11.9 Å². The lowest BCUT2D eigenvalue weighted by atomic mass is 9.89. The van der Waals surface area contributed by atoms with Gasteiger partial charge in [0.1, 0.15) is 11.9 Å². The van der Waals surface area contributed by atoms with Crippen molar-refractivity contribution in [3.05, 3.63) is 40.8 Å². The first-order valence-corrected chi connectivity index (χ1v) is 12.5. The number of hydrogen-bond donors (Lipinski definition) is 4. The molecule has 3 rings (SSSR count). The number of anilines is 1. The van der Waals surface area contributed by atoms with E-state index in [1.807, 2.05) is 32.3 Å². The molecule has 2 amide bonds. The van der Waals surface area contributed by atoms with Crippen LogP contribution in [0.4, 0.5) is 10.6 Å². The molecule has 2 aromatic heterocycles. The molecule has 4 N–H and O–H groups in total. The first-order chi connectivity index (χ1) is 17.0. The van der Waals surface area contributed by atoms with Gasteiger partial charge in [-0.15, -0.1) is 0 Å². The summed E-state index contributed by atoms with van der Waals surface area (Å²) in [4.78, 5) is 29.9. The van der Waals surface area contributed by atoms with Gasteiger partial charge in [-0.25, -0.2) is 9.78 Å². The number of nitrogens with zero attached hydrogens (tertiary/aromatic N) is 3. The molecule has 196 valence electrons. The summed E-state index contributed by atoms with van der Waals surface area (Å²) >= 11 is 12.3. The Morgan fingerprint density at radius 2 is 1.97 bits per heavy atom. The highest BCUT2D eigenvalue weighted by Gasteiger charge is 2.32. The maximum atomic E-state index is 13.0. The van der Waals surface area contributed by atoms with Crippen LogP contribution in [0, 0.1) is 5.41 Å². The number of amides is 2. The summed E-state index contributed by atoms with van der Waals surface area (Å²) in [6.45, 7) is 8.16. The molecule has 0 aliphatic rings. The number of nitrogens with one attached hydrogen (secondary N) is 3. The van der Waals surface area contributed by atoms with Crippen molar-refractivity contribution in [1.29, 1.82) is 0 Å². The number of H-pyrrole nitrogens is 1. The minimum absolute atomic E-state index is 0.313. The van der Waals surface area contributed by atoms with E-state index < -0.39 is 35.7 Å². The second kappa shape index (κ2) is 11.9. The molecule has 2 heterocycles. The monoisotopic (exact) mass is 538 g/mol. The predicted molar refractivity (Wildman–Crippen MR) is 139 cm³/mol. The number of hydrogen-bond acceptors (Lipinski definition) is 6. The molecular formula is C24H32Cl2N6O4. The van der Waals surface area contributed by atoms with E-state index in [1.54, 1.807) is 24.5 Å². The number of ether oxygens (including phenoxy) is 1. The Bertz CT molecular complexity index is 1180. The van der Waals surface area contributed by atoms with Crippen molar-refractivity contribution < 1.29 is 19.4 Å². The maximum absolute atomic E-state index is 13.0. The summed E-state index contributed by atoms with van der Waals surface area (Å²) in [5.41, 5.74) is 1.00. The zero-order valence-electron chi connectivity index (χ0n) is 20.7. The summed E-state index contributed by atoms with van der Waals surface area (Å²) in [5.74, 6) is -0.314. The fraction of sp³-hybridized carbons (Fsp3) is 0.500. The normalized spacial score (nSPS) is 14.3. The third kappa shape index (κ3) is 7.11. The number of imidazole rings is 1. The largest absolute Gasteiger partial charge is 0.444 e. The second-order valence-corrected chi connectivity index (χ2v) is 10.5. The van der Waals surface area contributed by atoms with Crippen LogP contribution in [0.2, 0.25) is 10.0 Å². The third-order valence-electron chi connectivity index (χ3n) is 5.82. The zero-order chi connectivity index (χ0) is 26.5. The Morgan fingerprint density at radius 3 is 2.61 bits per heavy atom. The molecule has 3 aromatic rings. The smallest absolute Gasteiger partial charge is 0.407 e. The van der Waals surface area contributed by atoms with Crippen molar-refractivity contribution in [3.8, 4) is 0 Å². The molecule has 10 nitrogen and oxygen atoms in total. The van der Waals surface area contributed by atoms with Crippen molar-refractivity contribution in [2.24, 2.45) is 5.41 Å². The number of halogens is 2. The average molecular weight is 539 g/mol. The molecule has 0 saturated heterocycles. The average Bonchev–Trinajstić information content (AvgIpc) is 3.45. The summed E-state index contributed by atoms with van der Waals surface area (Å²) in [7, 11) is 0. The van der Waals surface area contributed by atoms with Gasteiger partial charge in [-0.3, -0.25) is 9.89 Å². The Kier molecular flexibility index (Phi) is 9.21. The van der Waals surface area contributed by atoms with Crippen LogP contribution in [0.25, 0.3) is 11.0 Å². The van der Waals surface area contributed by atoms with Gasteiger partial charge in [0.15, 0.2) is 6.10 Å². The number of carbonyl (C=O) groups excluding carboxylic acids is 2. The Morgan fingerprint density at radius 1 is 1.25 bits per heavy atom. The van der Waals surface area contributed by atoms with E-state index in [-0.39, 0.29) is 0 Å². The number of aromatic amines is 1. The lowest BCUT2D eigenvalue weighted by Gasteiger charge is -2.32. The number of alkyl carbamates (subject to hydrolysis) is 1. The first-order valence-electron chi connectivity index (χ1n) is 11.7. The van der Waals surface area contributed by atoms with Gasteiger partial charge in [-0.2, -0.15) is 5.10 Å². The van der Waals surface area contributed by atoms with Gasteiger partial charge >= 0.3 is 6.09 Å². The minimum Gasteiger partial charge on any atom is -0.444 e. The molecule has 0 spiro atoms. The van der Waals surface area contributed by atoms with Crippen LogP contribution in [0.3, 0.4) is 0 Å². The van der Waals surface area contributed by atoms with Crippen molar-refractivity contribution >= 4 is 52.1 Å². The highest BCUT2D eigenvalue weighted by Crippen LogP contribution is 2.29. The van der Waals surface area contributed by atoms with Crippen LogP contribution in [-0.4, -0.2) is 55.1 Å². The Balaban J connectivity index is 1.72. The van der Waals surface area contributed by atoms with E-state index in [4.69, 9.17) is 27.9 Å². The number of carbonyl (C=O) groups is 2. The standard InChI is InChI=1S/C24H32Cl2N6O4/c1-5-6-7-16(21(33)22(34)30-20-8-9-28-31-20)29-23(35)36-19(24(2,3)4)12-32-13-27-17-10-14(25)15(26)11-18(17)32/h8-11,13,16,19,21,33H,5-7,12H2,1-4H3,(H,29,35)(H2,28,30,31,34)/t16-,19+,21-/m0/s1. The highest BCUT2D eigenvalue weighted by molar-refractivity contribution is 6.42. The quantitative estimate of drug-likeness (QED) is 0.293. The van der Waals surface area contributed by atoms with E-state index in [9.17, 15) is 14.7 Å². The minimum atomic E-state index is -1.48. The van der Waals surface area contributed by atoms with Gasteiger partial charge in [-0.05, 0) is 18.6 Å². The third-order valence-corrected chi connectivity index (χ3v) is 6.54. The van der Waals surface area contributed by atoms with Crippen LogP contribution >= 0.6 is 23.2 Å². The number of aromatic nitrogens is 4. The molecule has 0 unspecified atom stereocenters. The molecule has 0 aliphatic heterocycles. The van der Waals surface area contributed by atoms with Crippen LogP contribution in [0.15, 0.2) is 30.7 Å². The van der Waals surface area contributed by atoms with E-state index in [1.165, 1.54) is 6.20 Å². The van der Waals surface area contributed by atoms with Crippen LogP contribution in [0.5, 0.6) is 0 Å². The molecule has 0 radical (unpaired) electrons. The fourth-order valence-electron chi connectivity index (χ4n) is 3.63. The van der Waals surface area contributed by atoms with Gasteiger partial charge < -0.3 is 25.0 Å². The SMILES string of the molecule is CCCC[C@H](NC(=O)O[C@H](Cn1cnc2cc(Cl)c(Cl)cc21)C(C)(C)C)[C@H](O)C(=O)Nc1ccn[nH]1. The summed E-state index contributed by atoms with van der Waals surface area (Å²) in [6.07, 6.45) is 2.27. The molecule has 12 heteroatoms. The predicted octanol–water partition coefficient (Wildman–Crippen LogP) is 4.77. The van der Waals surface area contributed by atoms with E-state index >= 15 is 0 Å². The van der Waals surface area contributed by atoms with Gasteiger partial charge in [0.25, 0.3) is 5.91 Å². The molecule has 3 atom stereocenters. The number of aliphatic hydroxyl groups excluding tert-OH is 1. The first kappa shape index (κ1) is 27.8. The van der Waals surface area contributed by atoms with Crippen molar-refractivity contribution in [1.82, 2.24) is 25.1 Å². The lowest BCUT2D eigenvalue weighted by Crippen LogP contribution is -2.50.